The van der Waals surface area contributed by atoms with Crippen LogP contribution in [0.25, 0.3) is 12.2 Å². The Labute approximate surface area is 159 Å². The Morgan fingerprint density at radius 3 is 1.31 bits per heavy atom. The minimum Gasteiger partial charge on any atom is -0.0654 e. The molecule has 0 N–H and O–H groups in total. The van der Waals surface area contributed by atoms with Crippen molar-refractivity contribution in [1.29, 1.82) is 0 Å². The number of hydrogen-bond donors (Lipinski definition) is 0. The summed E-state index contributed by atoms with van der Waals surface area (Å²) in [6, 6.07) is 21.5. The van der Waals surface area contributed by atoms with Crippen molar-refractivity contribution < 1.29 is 0 Å². The lowest BCUT2D eigenvalue weighted by molar-refractivity contribution is 0.739. The zero-order valence-corrected chi connectivity index (χ0v) is 16.2. The van der Waals surface area contributed by atoms with Crippen molar-refractivity contribution in [3.8, 4) is 0 Å². The van der Waals surface area contributed by atoms with Crippen LogP contribution in [0.2, 0.25) is 0 Å². The van der Waals surface area contributed by atoms with Gasteiger partial charge in [-0.05, 0) is 71.3 Å². The lowest BCUT2D eigenvalue weighted by Crippen LogP contribution is -2.13. The number of allylic oxidation sites excluding steroid dienone is 4. The van der Waals surface area contributed by atoms with Crippen LogP contribution in [0.1, 0.15) is 63.5 Å². The van der Waals surface area contributed by atoms with Gasteiger partial charge >= 0.3 is 0 Å². The first-order valence-corrected chi connectivity index (χ1v) is 10.1. The molecular weight excluding hydrogens is 312 g/mol. The molecule has 2 aromatic rings. The van der Waals surface area contributed by atoms with Gasteiger partial charge in [-0.25, -0.2) is 0 Å². The summed E-state index contributed by atoms with van der Waals surface area (Å²) in [6.07, 6.45) is 12.2. The van der Waals surface area contributed by atoms with Crippen molar-refractivity contribution in [2.45, 2.75) is 52.4 Å². The number of benzene rings is 2. The summed E-state index contributed by atoms with van der Waals surface area (Å²) >= 11 is 0. The van der Waals surface area contributed by atoms with E-state index in [1.165, 1.54) is 60.8 Å². The van der Waals surface area contributed by atoms with E-state index in [0.29, 0.717) is 0 Å². The Balaban J connectivity index is 2.02. The molecule has 1 aliphatic carbocycles. The highest BCUT2D eigenvalue weighted by Crippen LogP contribution is 2.46. The largest absolute Gasteiger partial charge is 0.0654 e. The molecule has 0 saturated heterocycles. The Bertz CT molecular complexity index is 719. The van der Waals surface area contributed by atoms with Crippen LogP contribution in [0.15, 0.2) is 83.0 Å². The van der Waals surface area contributed by atoms with Gasteiger partial charge in [0.05, 0.1) is 0 Å². The van der Waals surface area contributed by atoms with Gasteiger partial charge in [0.15, 0.2) is 0 Å². The smallest absolute Gasteiger partial charge is 0.0140 e. The molecule has 0 nitrogen and oxygen atoms in total. The molecule has 0 atom stereocenters. The molecule has 134 valence electrons. The zero-order valence-electron chi connectivity index (χ0n) is 16.2. The molecule has 0 unspecified atom stereocenters. The van der Waals surface area contributed by atoms with E-state index < -0.39 is 0 Å². The summed E-state index contributed by atoms with van der Waals surface area (Å²) in [5.74, 6) is 0. The molecule has 0 amide bonds. The second kappa shape index (κ2) is 9.38. The molecule has 0 fully saturated rings. The normalized spacial score (nSPS) is 17.0. The maximum atomic E-state index is 2.38. The van der Waals surface area contributed by atoms with E-state index in [1.807, 2.05) is 0 Å². The molecule has 3 rings (SSSR count). The molecule has 0 heterocycles. The first-order valence-electron chi connectivity index (χ1n) is 10.1. The summed E-state index contributed by atoms with van der Waals surface area (Å²) in [7, 11) is 0. The van der Waals surface area contributed by atoms with Crippen LogP contribution < -0.4 is 0 Å². The van der Waals surface area contributed by atoms with Crippen LogP contribution in [-0.2, 0) is 0 Å². The van der Waals surface area contributed by atoms with E-state index in [1.54, 1.807) is 11.1 Å². The second-order valence-corrected chi connectivity index (χ2v) is 7.10. The van der Waals surface area contributed by atoms with E-state index in [0.717, 1.165) is 0 Å². The van der Waals surface area contributed by atoms with Crippen molar-refractivity contribution in [1.82, 2.24) is 0 Å². The minimum absolute atomic E-state index is 1.21. The third-order valence-electron chi connectivity index (χ3n) is 5.09. The van der Waals surface area contributed by atoms with Gasteiger partial charge in [-0.2, -0.15) is 0 Å². The first-order chi connectivity index (χ1) is 12.8. The second-order valence-electron chi connectivity index (χ2n) is 7.10. The fourth-order valence-corrected chi connectivity index (χ4v) is 3.63. The lowest BCUT2D eigenvalue weighted by atomic mass is 9.72. The molecule has 0 spiro atoms. The molecule has 0 bridgehead atoms. The maximum Gasteiger partial charge on any atom is -0.0140 e. The molecule has 0 radical (unpaired) electrons. The fraction of sp³-hybridized carbons (Fsp3) is 0.308. The van der Waals surface area contributed by atoms with Crippen LogP contribution in [0.4, 0.5) is 0 Å². The molecule has 0 aromatic heterocycles. The summed E-state index contributed by atoms with van der Waals surface area (Å²) in [5.41, 5.74) is 8.71. The quantitative estimate of drug-likeness (QED) is 0.458. The first kappa shape index (κ1) is 18.5. The fourth-order valence-electron chi connectivity index (χ4n) is 3.63. The van der Waals surface area contributed by atoms with Crippen LogP contribution >= 0.6 is 0 Å². The minimum atomic E-state index is 1.21. The van der Waals surface area contributed by atoms with Crippen LogP contribution in [-0.4, -0.2) is 0 Å². The highest BCUT2D eigenvalue weighted by molar-refractivity contribution is 5.84. The summed E-state index contributed by atoms with van der Waals surface area (Å²) in [5, 5.41) is 0. The third kappa shape index (κ3) is 4.43. The highest BCUT2D eigenvalue weighted by Gasteiger charge is 2.27. The van der Waals surface area contributed by atoms with Gasteiger partial charge in [0.2, 0.25) is 0 Å². The van der Waals surface area contributed by atoms with Gasteiger partial charge < -0.3 is 0 Å². The molecule has 0 aliphatic heterocycles. The monoisotopic (exact) mass is 342 g/mol. The van der Waals surface area contributed by atoms with Gasteiger partial charge in [-0.3, -0.25) is 0 Å². The van der Waals surface area contributed by atoms with Gasteiger partial charge in [0, 0.05) is 0 Å². The molecular formula is C26H30. The lowest BCUT2D eigenvalue weighted by Gasteiger charge is -2.32. The van der Waals surface area contributed by atoms with Crippen molar-refractivity contribution >= 4 is 12.2 Å². The maximum absolute atomic E-state index is 2.38. The number of rotatable bonds is 8. The SMILES string of the molecule is CCCCC1=C(CCCC)C(=C\c2ccccc2)/C1=C/c1ccccc1. The standard InChI is InChI=1S/C26H30/c1-3-5-17-23-24(18-6-4-2)26(20-22-15-11-8-12-16-22)25(23)19-21-13-9-7-10-14-21/h7-16,19-20H,3-6,17-18H2,1-2H3/b25-19+,26-20+. The van der Waals surface area contributed by atoms with Crippen molar-refractivity contribution in [2.75, 3.05) is 0 Å². The van der Waals surface area contributed by atoms with Gasteiger partial charge in [0.25, 0.3) is 0 Å². The average Bonchev–Trinajstić information content (AvgIpc) is 2.69. The van der Waals surface area contributed by atoms with E-state index >= 15 is 0 Å². The summed E-state index contributed by atoms with van der Waals surface area (Å²) in [6.45, 7) is 4.57. The van der Waals surface area contributed by atoms with Crippen LogP contribution in [0.5, 0.6) is 0 Å². The Hall–Kier alpha value is -2.34. The third-order valence-corrected chi connectivity index (χ3v) is 5.09. The summed E-state index contributed by atoms with van der Waals surface area (Å²) < 4.78 is 0. The highest BCUT2D eigenvalue weighted by atomic mass is 14.3. The van der Waals surface area contributed by atoms with Gasteiger partial charge in [-0.1, -0.05) is 87.4 Å². The molecule has 0 heteroatoms. The average molecular weight is 343 g/mol. The van der Waals surface area contributed by atoms with Gasteiger partial charge in [0.1, 0.15) is 0 Å². The predicted molar refractivity (Wildman–Crippen MR) is 115 cm³/mol. The summed E-state index contributed by atoms with van der Waals surface area (Å²) in [4.78, 5) is 0. The van der Waals surface area contributed by atoms with E-state index in [4.69, 9.17) is 0 Å². The Morgan fingerprint density at radius 1 is 0.577 bits per heavy atom. The molecule has 26 heavy (non-hydrogen) atoms. The molecule has 2 aromatic carbocycles. The Kier molecular flexibility index (Phi) is 6.66. The van der Waals surface area contributed by atoms with Crippen molar-refractivity contribution in [2.24, 2.45) is 0 Å². The number of hydrogen-bond acceptors (Lipinski definition) is 0. The number of unbranched alkanes of at least 4 members (excludes halogenated alkanes) is 2. The predicted octanol–water partition coefficient (Wildman–Crippen LogP) is 7.84. The van der Waals surface area contributed by atoms with E-state index in [2.05, 4.69) is 86.7 Å². The zero-order chi connectivity index (χ0) is 18.2. The molecule has 0 saturated carbocycles. The molecule has 1 aliphatic rings. The van der Waals surface area contributed by atoms with Gasteiger partial charge in [-0.15, -0.1) is 0 Å². The van der Waals surface area contributed by atoms with E-state index in [-0.39, 0.29) is 0 Å². The van der Waals surface area contributed by atoms with E-state index in [9.17, 15) is 0 Å². The van der Waals surface area contributed by atoms with Crippen molar-refractivity contribution in [3.05, 3.63) is 94.1 Å². The Morgan fingerprint density at radius 2 is 0.962 bits per heavy atom. The van der Waals surface area contributed by atoms with Crippen LogP contribution in [0, 0.1) is 0 Å². The van der Waals surface area contributed by atoms with Crippen LogP contribution in [0.3, 0.4) is 0 Å². The van der Waals surface area contributed by atoms with Crippen molar-refractivity contribution in [3.63, 3.8) is 0 Å². The topological polar surface area (TPSA) is 0 Å².